The van der Waals surface area contributed by atoms with E-state index in [1.807, 2.05) is 0 Å². The Morgan fingerprint density at radius 2 is 1.25 bits per heavy atom. The molecule has 2 saturated heterocycles. The topological polar surface area (TPSA) is 241 Å². The molecule has 0 aromatic carbocycles. The van der Waals surface area contributed by atoms with Gasteiger partial charge in [-0.3, -0.25) is 0 Å². The Kier molecular flexibility index (Phi) is 12.0. The second kappa shape index (κ2) is 12.2. The molecule has 13 heteroatoms. The van der Waals surface area contributed by atoms with E-state index in [0.717, 1.165) is 0 Å². The second-order valence-electron chi connectivity index (χ2n) is 6.62. The first kappa shape index (κ1) is 27.5. The van der Waals surface area contributed by atoms with Gasteiger partial charge in [0.05, 0.1) is 13.2 Å². The van der Waals surface area contributed by atoms with Crippen molar-refractivity contribution in [1.29, 1.82) is 0 Å². The van der Waals surface area contributed by atoms with Crippen molar-refractivity contribution in [3.63, 3.8) is 0 Å². The van der Waals surface area contributed by atoms with Crippen molar-refractivity contribution >= 4 is 0 Å². The molecule has 0 radical (unpaired) electrons. The summed E-state index contributed by atoms with van der Waals surface area (Å²) in [6, 6.07) is 0. The van der Waals surface area contributed by atoms with Crippen molar-refractivity contribution in [1.82, 2.24) is 0 Å². The summed E-state index contributed by atoms with van der Waals surface area (Å²) < 4.78 is 15.3. The van der Waals surface area contributed by atoms with Crippen molar-refractivity contribution in [3.8, 4) is 0 Å². The molecule has 170 valence electrons. The van der Waals surface area contributed by atoms with Gasteiger partial charge >= 0.3 is 0 Å². The maximum Gasteiger partial charge on any atom is 0.187 e. The summed E-state index contributed by atoms with van der Waals surface area (Å²) in [6.45, 7) is 2.10. The predicted molar refractivity (Wildman–Crippen MR) is 89.6 cm³/mol. The van der Waals surface area contributed by atoms with Gasteiger partial charge in [0.15, 0.2) is 12.6 Å². The number of hydrogen-bond acceptors (Lipinski definition) is 12. The molecule has 0 aromatic rings. The maximum absolute atomic E-state index is 9.94. The molecule has 0 unspecified atom stereocenters. The Balaban J connectivity index is 0.00000133. The first-order valence-electron chi connectivity index (χ1n) is 8.49. The summed E-state index contributed by atoms with van der Waals surface area (Å²) in [5.74, 6) is 0. The minimum atomic E-state index is -1.74. The Labute approximate surface area is 161 Å². The van der Waals surface area contributed by atoms with Crippen LogP contribution in [0.25, 0.3) is 0 Å². The molecular formula is C15H32O13. The molecule has 0 aliphatic carbocycles. The summed E-state index contributed by atoms with van der Waals surface area (Å²) in [7, 11) is 0. The lowest BCUT2D eigenvalue weighted by atomic mass is 9.97. The first-order chi connectivity index (χ1) is 12.5. The second-order valence-corrected chi connectivity index (χ2v) is 6.62. The molecule has 13 nitrogen and oxygen atoms in total. The lowest BCUT2D eigenvalue weighted by molar-refractivity contribution is -0.355. The largest absolute Gasteiger partial charge is 0.412 e. The average molecular weight is 420 g/mol. The van der Waals surface area contributed by atoms with E-state index >= 15 is 0 Å². The van der Waals surface area contributed by atoms with E-state index in [0.29, 0.717) is 0 Å². The summed E-state index contributed by atoms with van der Waals surface area (Å²) in [4.78, 5) is 0. The Bertz CT molecular complexity index is 418. The number of aliphatic hydroxyl groups is 9. The highest BCUT2D eigenvalue weighted by Crippen LogP contribution is 2.28. The third-order valence-corrected chi connectivity index (χ3v) is 3.98. The van der Waals surface area contributed by atoms with E-state index in [1.165, 1.54) is 0 Å². The summed E-state index contributed by atoms with van der Waals surface area (Å²) in [5, 5.41) is 84.5. The third-order valence-electron chi connectivity index (χ3n) is 3.98. The van der Waals surface area contributed by atoms with Crippen LogP contribution in [0.2, 0.25) is 0 Å². The minimum absolute atomic E-state index is 0. The summed E-state index contributed by atoms with van der Waals surface area (Å²) in [6.07, 6.45) is -15.7. The molecule has 10 atom stereocenters. The van der Waals surface area contributed by atoms with Crippen molar-refractivity contribution < 1.29 is 65.6 Å². The molecule has 0 saturated carbocycles. The highest BCUT2D eigenvalue weighted by molar-refractivity contribution is 4.93. The normalized spacial score (nSPS) is 43.7. The molecule has 0 aromatic heterocycles. The van der Waals surface area contributed by atoms with Gasteiger partial charge in [0.2, 0.25) is 0 Å². The van der Waals surface area contributed by atoms with Gasteiger partial charge in [-0.15, -0.1) is 0 Å². The molecule has 0 bridgehead atoms. The average Bonchev–Trinajstić information content (AvgIpc) is 2.61. The molecule has 2 aliphatic heterocycles. The standard InChI is InChI=1S/C12H22O11.C3H8O.H2O/c13-1-3-5(15)6(16)9(19)12(22-3)23-10-4(2-14)21-11(20)8(18)7(10)17;1-3(2)4;/h3-20H,1-2H2;3-4H,1-2H3;1H2/t3-,4-,5+,6+,7-,8-,9-,10-,11-,12+;;/m1../s1. The highest BCUT2D eigenvalue weighted by Gasteiger charge is 2.50. The van der Waals surface area contributed by atoms with E-state index in [1.54, 1.807) is 13.8 Å². The van der Waals surface area contributed by atoms with Crippen molar-refractivity contribution in [2.75, 3.05) is 13.2 Å². The van der Waals surface area contributed by atoms with Crippen LogP contribution in [0.1, 0.15) is 13.8 Å². The Morgan fingerprint density at radius 3 is 1.71 bits per heavy atom. The zero-order chi connectivity index (χ0) is 20.9. The molecule has 2 fully saturated rings. The van der Waals surface area contributed by atoms with Gasteiger partial charge in [-0.1, -0.05) is 0 Å². The molecular weight excluding hydrogens is 388 g/mol. The van der Waals surface area contributed by atoms with Crippen molar-refractivity contribution in [2.24, 2.45) is 0 Å². The summed E-state index contributed by atoms with van der Waals surface area (Å²) >= 11 is 0. The predicted octanol–water partition coefficient (Wildman–Crippen LogP) is -5.83. The van der Waals surface area contributed by atoms with Crippen molar-refractivity contribution in [2.45, 2.75) is 81.4 Å². The number of hydrogen-bond donors (Lipinski definition) is 9. The van der Waals surface area contributed by atoms with E-state index in [-0.39, 0.29) is 11.6 Å². The highest BCUT2D eigenvalue weighted by atomic mass is 16.7. The van der Waals surface area contributed by atoms with Crippen LogP contribution in [0.3, 0.4) is 0 Å². The van der Waals surface area contributed by atoms with Gasteiger partial charge in [0.1, 0.15) is 48.8 Å². The fourth-order valence-corrected chi connectivity index (χ4v) is 2.57. The zero-order valence-electron chi connectivity index (χ0n) is 15.5. The van der Waals surface area contributed by atoms with E-state index in [9.17, 15) is 35.7 Å². The SMILES string of the molecule is CC(C)O.O.OC[C@H]1O[C@@H](O[C@H]2[C@H](O)[C@@H](O)[C@H](O)O[C@@H]2CO)[C@H](O)[C@@H](O)[C@H]1O. The monoisotopic (exact) mass is 420 g/mol. The quantitative estimate of drug-likeness (QED) is 0.206. The number of ether oxygens (including phenoxy) is 3. The van der Waals surface area contributed by atoms with Gasteiger partial charge < -0.3 is 65.6 Å². The van der Waals surface area contributed by atoms with E-state index < -0.39 is 74.6 Å². The van der Waals surface area contributed by atoms with Crippen LogP contribution in [-0.2, 0) is 14.2 Å². The zero-order valence-corrected chi connectivity index (χ0v) is 15.5. The van der Waals surface area contributed by atoms with Crippen molar-refractivity contribution in [3.05, 3.63) is 0 Å². The van der Waals surface area contributed by atoms with Crippen LogP contribution in [0.4, 0.5) is 0 Å². The fraction of sp³-hybridized carbons (Fsp3) is 1.00. The van der Waals surface area contributed by atoms with Crippen LogP contribution in [-0.4, -0.2) is 132 Å². The lowest BCUT2D eigenvalue weighted by Crippen LogP contribution is -2.64. The molecule has 0 spiro atoms. The maximum atomic E-state index is 9.94. The number of rotatable bonds is 4. The number of aliphatic hydroxyl groups excluding tert-OH is 9. The van der Waals surface area contributed by atoms with Gasteiger partial charge in [0, 0.05) is 6.10 Å². The minimum Gasteiger partial charge on any atom is -0.412 e. The molecule has 2 aliphatic rings. The molecule has 11 N–H and O–H groups in total. The van der Waals surface area contributed by atoms with Crippen LogP contribution in [0.15, 0.2) is 0 Å². The van der Waals surface area contributed by atoms with Gasteiger partial charge in [-0.2, -0.15) is 0 Å². The van der Waals surface area contributed by atoms with Gasteiger partial charge in [-0.05, 0) is 13.8 Å². The molecule has 28 heavy (non-hydrogen) atoms. The molecule has 2 rings (SSSR count). The Hall–Kier alpha value is -0.520. The Morgan fingerprint density at radius 1 is 0.750 bits per heavy atom. The van der Waals surface area contributed by atoms with Crippen LogP contribution >= 0.6 is 0 Å². The fourth-order valence-electron chi connectivity index (χ4n) is 2.57. The van der Waals surface area contributed by atoms with E-state index in [4.69, 9.17) is 24.4 Å². The van der Waals surface area contributed by atoms with Gasteiger partial charge in [-0.25, -0.2) is 0 Å². The smallest absolute Gasteiger partial charge is 0.187 e. The molecule has 0 amide bonds. The lowest BCUT2D eigenvalue weighted by Gasteiger charge is -2.45. The van der Waals surface area contributed by atoms with Crippen LogP contribution in [0, 0.1) is 0 Å². The molecule has 2 heterocycles. The van der Waals surface area contributed by atoms with E-state index in [2.05, 4.69) is 0 Å². The van der Waals surface area contributed by atoms with Crippen LogP contribution in [0.5, 0.6) is 0 Å². The summed E-state index contributed by atoms with van der Waals surface area (Å²) in [5.41, 5.74) is 0. The van der Waals surface area contributed by atoms with Gasteiger partial charge in [0.25, 0.3) is 0 Å². The first-order valence-corrected chi connectivity index (χ1v) is 8.49. The third kappa shape index (κ3) is 6.77. The van der Waals surface area contributed by atoms with Crippen LogP contribution < -0.4 is 0 Å².